The second-order valence-electron chi connectivity index (χ2n) is 4.95. The van der Waals surface area contributed by atoms with Gasteiger partial charge in [0.15, 0.2) is 24.7 Å². The highest BCUT2D eigenvalue weighted by Crippen LogP contribution is 2.29. The number of halogens is 1. The van der Waals surface area contributed by atoms with Crippen LogP contribution in [0.25, 0.3) is 0 Å². The molecule has 0 aromatic heterocycles. The Balaban J connectivity index is 3.04. The van der Waals surface area contributed by atoms with Crippen molar-refractivity contribution < 1.29 is 42.5 Å². The van der Waals surface area contributed by atoms with E-state index >= 15 is 0 Å². The second kappa shape index (κ2) is 9.20. The Bertz CT molecular complexity index is 514. The van der Waals surface area contributed by atoms with E-state index < -0.39 is 48.7 Å². The number of ether oxygens (including phenoxy) is 5. The molecule has 24 heavy (non-hydrogen) atoms. The normalized spacial score (nSPS) is 29.2. The van der Waals surface area contributed by atoms with Crippen molar-refractivity contribution in [1.82, 2.24) is 0 Å². The van der Waals surface area contributed by atoms with E-state index in [1.54, 1.807) is 0 Å². The van der Waals surface area contributed by atoms with Gasteiger partial charge in [-0.1, -0.05) is 5.92 Å². The molecule has 8 nitrogen and oxygen atoms in total. The molecule has 9 heteroatoms. The first-order chi connectivity index (χ1) is 11.3. The number of alkyl halides is 1. The third-order valence-corrected chi connectivity index (χ3v) is 2.96. The Labute approximate surface area is 138 Å². The molecule has 1 aliphatic rings. The number of hydrogen-bond donors (Lipinski definition) is 0. The van der Waals surface area contributed by atoms with Crippen LogP contribution < -0.4 is 0 Å². The van der Waals surface area contributed by atoms with E-state index in [-0.39, 0.29) is 13.2 Å². The van der Waals surface area contributed by atoms with Crippen LogP contribution in [-0.2, 0) is 38.1 Å². The lowest BCUT2D eigenvalue weighted by atomic mass is 9.99. The molecule has 0 saturated carbocycles. The Hall–Kier alpha value is -2.18. The van der Waals surface area contributed by atoms with Crippen LogP contribution >= 0.6 is 0 Å². The summed E-state index contributed by atoms with van der Waals surface area (Å²) in [5, 5.41) is 0. The van der Waals surface area contributed by atoms with Gasteiger partial charge in [0.1, 0.15) is 19.3 Å². The summed E-state index contributed by atoms with van der Waals surface area (Å²) in [6.07, 6.45) is -2.29. The number of terminal acetylenes is 1. The minimum Gasteiger partial charge on any atom is -0.463 e. The zero-order valence-corrected chi connectivity index (χ0v) is 13.5. The third-order valence-electron chi connectivity index (χ3n) is 2.96. The van der Waals surface area contributed by atoms with E-state index in [0.29, 0.717) is 0 Å². The van der Waals surface area contributed by atoms with Gasteiger partial charge in [-0.05, 0) is 0 Å². The lowest BCUT2D eigenvalue weighted by Crippen LogP contribution is -2.60. The fraction of sp³-hybridized carbons (Fsp3) is 0.667. The van der Waals surface area contributed by atoms with Gasteiger partial charge in [-0.3, -0.25) is 14.4 Å². The molecule has 134 valence electrons. The summed E-state index contributed by atoms with van der Waals surface area (Å²) in [4.78, 5) is 33.5. The topological polar surface area (TPSA) is 97.4 Å². The summed E-state index contributed by atoms with van der Waals surface area (Å²) in [5.41, 5.74) is 0. The molecule has 1 saturated heterocycles. The fourth-order valence-electron chi connectivity index (χ4n) is 2.13. The highest BCUT2D eigenvalue weighted by Gasteiger charge is 2.51. The molecule has 1 aliphatic heterocycles. The molecule has 1 rings (SSSR count). The average Bonchev–Trinajstić information content (AvgIpc) is 2.48. The first-order valence-corrected chi connectivity index (χ1v) is 7.08. The Kier molecular flexibility index (Phi) is 7.61. The fourth-order valence-corrected chi connectivity index (χ4v) is 2.13. The summed E-state index contributed by atoms with van der Waals surface area (Å²) < 4.78 is 39.7. The number of carbonyl (C=O) groups excluding carboxylic acids is 3. The quantitative estimate of drug-likeness (QED) is 0.381. The third kappa shape index (κ3) is 5.79. The van der Waals surface area contributed by atoms with Gasteiger partial charge in [0.25, 0.3) is 0 Å². The van der Waals surface area contributed by atoms with Gasteiger partial charge in [-0.25, -0.2) is 4.39 Å². The predicted octanol–water partition coefficient (Wildman–Crippen LogP) is 0.126. The van der Waals surface area contributed by atoms with Crippen molar-refractivity contribution in [3.05, 3.63) is 0 Å². The molecule has 5 atom stereocenters. The van der Waals surface area contributed by atoms with Gasteiger partial charge >= 0.3 is 17.9 Å². The van der Waals surface area contributed by atoms with Crippen LogP contribution in [0, 0.1) is 12.3 Å². The molecule has 1 heterocycles. The van der Waals surface area contributed by atoms with Crippen LogP contribution in [0.15, 0.2) is 0 Å². The van der Waals surface area contributed by atoms with Gasteiger partial charge in [-0.15, -0.1) is 6.42 Å². The van der Waals surface area contributed by atoms with Crippen LogP contribution in [0.4, 0.5) is 4.39 Å². The van der Waals surface area contributed by atoms with E-state index in [4.69, 9.17) is 30.1 Å². The van der Waals surface area contributed by atoms with Crippen molar-refractivity contribution in [3.63, 3.8) is 0 Å². The highest BCUT2D eigenvalue weighted by molar-refractivity contribution is 5.67. The standard InChI is InChI=1S/C15H19FO8/c1-5-6-20-15-12(16)14(23-10(4)19)13(22-9(3)18)11(24-15)7-21-8(2)17/h1,11-15H,6-7H2,2-4H3/t11-,12-,13-,14-,15?/m1/s1/i16-1. The minimum absolute atomic E-state index is 0.254. The Morgan fingerprint density at radius 3 is 2.17 bits per heavy atom. The van der Waals surface area contributed by atoms with Crippen molar-refractivity contribution in [2.45, 2.75) is 51.5 Å². The summed E-state index contributed by atoms with van der Waals surface area (Å²) in [6, 6.07) is 0. The van der Waals surface area contributed by atoms with Crippen molar-refractivity contribution in [2.24, 2.45) is 0 Å². The maximum absolute atomic E-state index is 14.6. The van der Waals surface area contributed by atoms with Crippen molar-refractivity contribution in [1.29, 1.82) is 0 Å². The lowest BCUT2D eigenvalue weighted by Gasteiger charge is -2.41. The van der Waals surface area contributed by atoms with Crippen molar-refractivity contribution in [2.75, 3.05) is 13.2 Å². The van der Waals surface area contributed by atoms with Gasteiger partial charge in [0.2, 0.25) is 0 Å². The number of rotatable bonds is 6. The molecular formula is C15H19FO8. The number of hydrogen-bond acceptors (Lipinski definition) is 8. The van der Waals surface area contributed by atoms with Gasteiger partial charge in [0.05, 0.1) is 0 Å². The molecule has 0 spiro atoms. The van der Waals surface area contributed by atoms with E-state index in [2.05, 4.69) is 5.92 Å². The predicted molar refractivity (Wildman–Crippen MR) is 76.1 cm³/mol. The van der Waals surface area contributed by atoms with Gasteiger partial charge in [0, 0.05) is 20.8 Å². The van der Waals surface area contributed by atoms with Crippen LogP contribution in [0.3, 0.4) is 0 Å². The summed E-state index contributed by atoms with van der Waals surface area (Å²) in [7, 11) is 0. The maximum atomic E-state index is 14.6. The SMILES string of the molecule is C#CCOC1O[C@H](COC(C)=O)[C@@H](OC(C)=O)[C@H](OC(C)=O)[C@H]1[18F]. The van der Waals surface area contributed by atoms with Crippen LogP contribution in [-0.4, -0.2) is 61.9 Å². The molecule has 0 radical (unpaired) electrons. The minimum atomic E-state index is -1.96. The molecular weight excluding hydrogens is 326 g/mol. The first-order valence-electron chi connectivity index (χ1n) is 7.08. The average molecular weight is 345 g/mol. The summed E-state index contributed by atoms with van der Waals surface area (Å²) >= 11 is 0. The monoisotopic (exact) mass is 345 g/mol. The van der Waals surface area contributed by atoms with Crippen LogP contribution in [0.1, 0.15) is 20.8 Å². The highest BCUT2D eigenvalue weighted by atomic mass is 18.2. The molecule has 0 aromatic carbocycles. The molecule has 0 bridgehead atoms. The van der Waals surface area contributed by atoms with Crippen molar-refractivity contribution in [3.8, 4) is 12.3 Å². The van der Waals surface area contributed by atoms with Crippen LogP contribution in [0.5, 0.6) is 0 Å². The van der Waals surface area contributed by atoms with E-state index in [1.165, 1.54) is 0 Å². The lowest BCUT2D eigenvalue weighted by molar-refractivity contribution is -0.289. The molecule has 0 N–H and O–H groups in total. The molecule has 1 fully saturated rings. The zero-order chi connectivity index (χ0) is 18.3. The Morgan fingerprint density at radius 2 is 1.67 bits per heavy atom. The summed E-state index contributed by atoms with van der Waals surface area (Å²) in [5.74, 6) is -0.000416. The van der Waals surface area contributed by atoms with Crippen LogP contribution in [0.2, 0.25) is 0 Å². The number of esters is 3. The smallest absolute Gasteiger partial charge is 0.303 e. The molecule has 0 aromatic rings. The van der Waals surface area contributed by atoms with E-state index in [0.717, 1.165) is 20.8 Å². The first kappa shape index (κ1) is 19.9. The molecule has 1 unspecified atom stereocenters. The maximum Gasteiger partial charge on any atom is 0.303 e. The summed E-state index contributed by atoms with van der Waals surface area (Å²) in [6.45, 7) is 2.73. The molecule has 0 aliphatic carbocycles. The second-order valence-corrected chi connectivity index (χ2v) is 4.95. The van der Waals surface area contributed by atoms with Crippen molar-refractivity contribution >= 4 is 17.9 Å². The van der Waals surface area contributed by atoms with E-state index in [1.807, 2.05) is 0 Å². The van der Waals surface area contributed by atoms with Gasteiger partial charge < -0.3 is 23.7 Å². The number of carbonyl (C=O) groups is 3. The molecule has 0 amide bonds. The largest absolute Gasteiger partial charge is 0.463 e. The van der Waals surface area contributed by atoms with Gasteiger partial charge in [-0.2, -0.15) is 0 Å². The zero-order valence-electron chi connectivity index (χ0n) is 13.5. The van der Waals surface area contributed by atoms with E-state index in [9.17, 15) is 18.8 Å². The Morgan fingerprint density at radius 1 is 1.08 bits per heavy atom.